The molecule has 0 aromatic heterocycles. The van der Waals surface area contributed by atoms with Crippen molar-refractivity contribution in [2.75, 3.05) is 24.6 Å². The van der Waals surface area contributed by atoms with Crippen LogP contribution in [0.4, 0.5) is 5.69 Å². The Bertz CT molecular complexity index is 432. The number of benzene rings is 1. The SMILES string of the molecule is O=C[C@@H]1CC[C@H]1CN1CCCOc2ccccc21. The number of rotatable bonds is 3. The van der Waals surface area contributed by atoms with Gasteiger partial charge in [-0.15, -0.1) is 0 Å². The van der Waals surface area contributed by atoms with Gasteiger partial charge in [-0.1, -0.05) is 12.1 Å². The minimum absolute atomic E-state index is 0.279. The predicted molar refractivity (Wildman–Crippen MR) is 71.0 cm³/mol. The Kier molecular flexibility index (Phi) is 3.22. The first-order valence-electron chi connectivity index (χ1n) is 6.80. The van der Waals surface area contributed by atoms with Crippen LogP contribution in [0.15, 0.2) is 24.3 Å². The fraction of sp³-hybridized carbons (Fsp3) is 0.533. The molecule has 18 heavy (non-hydrogen) atoms. The van der Waals surface area contributed by atoms with Gasteiger partial charge in [-0.05, 0) is 37.3 Å². The zero-order valence-corrected chi connectivity index (χ0v) is 10.5. The number of aldehydes is 1. The summed E-state index contributed by atoms with van der Waals surface area (Å²) in [4.78, 5) is 13.3. The molecule has 1 aliphatic carbocycles. The van der Waals surface area contributed by atoms with E-state index in [1.807, 2.05) is 12.1 Å². The standard InChI is InChI=1S/C15H19NO2/c17-11-13-7-6-12(13)10-16-8-3-9-18-15-5-2-1-4-14(15)16/h1-2,4-5,11-13H,3,6-10H2/t12-,13-/m0/s1. The topological polar surface area (TPSA) is 29.5 Å². The highest BCUT2D eigenvalue weighted by molar-refractivity contribution is 5.60. The van der Waals surface area contributed by atoms with Crippen molar-refractivity contribution in [2.45, 2.75) is 19.3 Å². The second kappa shape index (κ2) is 5.01. The van der Waals surface area contributed by atoms with Crippen LogP contribution in [0, 0.1) is 11.8 Å². The molecule has 1 fully saturated rings. The smallest absolute Gasteiger partial charge is 0.142 e. The summed E-state index contributed by atoms with van der Waals surface area (Å²) in [6.07, 6.45) is 4.44. The number of carbonyl (C=O) groups excluding carboxylic acids is 1. The first kappa shape index (κ1) is 11.6. The second-order valence-corrected chi connectivity index (χ2v) is 5.25. The van der Waals surface area contributed by atoms with Crippen LogP contribution >= 0.6 is 0 Å². The highest BCUT2D eigenvalue weighted by Gasteiger charge is 2.32. The quantitative estimate of drug-likeness (QED) is 0.766. The van der Waals surface area contributed by atoms with E-state index in [9.17, 15) is 4.79 Å². The molecular weight excluding hydrogens is 226 g/mol. The lowest BCUT2D eigenvalue weighted by Crippen LogP contribution is -2.39. The molecule has 1 aliphatic heterocycles. The van der Waals surface area contributed by atoms with E-state index in [1.165, 1.54) is 12.1 Å². The van der Waals surface area contributed by atoms with Gasteiger partial charge in [0.15, 0.2) is 0 Å². The summed E-state index contributed by atoms with van der Waals surface area (Å²) in [5.41, 5.74) is 1.19. The van der Waals surface area contributed by atoms with Gasteiger partial charge in [-0.3, -0.25) is 0 Å². The van der Waals surface area contributed by atoms with Gasteiger partial charge < -0.3 is 14.4 Å². The summed E-state index contributed by atoms with van der Waals surface area (Å²) in [6.45, 7) is 2.80. The molecule has 0 amide bonds. The van der Waals surface area contributed by atoms with E-state index in [-0.39, 0.29) is 5.92 Å². The van der Waals surface area contributed by atoms with E-state index in [0.29, 0.717) is 5.92 Å². The van der Waals surface area contributed by atoms with E-state index < -0.39 is 0 Å². The molecule has 0 saturated heterocycles. The lowest BCUT2D eigenvalue weighted by atomic mass is 9.74. The van der Waals surface area contributed by atoms with Gasteiger partial charge in [0.2, 0.25) is 0 Å². The molecule has 2 aliphatic rings. The third kappa shape index (κ3) is 2.09. The molecule has 2 atom stereocenters. The minimum atomic E-state index is 0.279. The normalized spacial score (nSPS) is 26.6. The van der Waals surface area contributed by atoms with Crippen molar-refractivity contribution in [1.29, 1.82) is 0 Å². The van der Waals surface area contributed by atoms with Gasteiger partial charge in [0.25, 0.3) is 0 Å². The van der Waals surface area contributed by atoms with Crippen molar-refractivity contribution < 1.29 is 9.53 Å². The number of anilines is 1. The van der Waals surface area contributed by atoms with E-state index >= 15 is 0 Å². The van der Waals surface area contributed by atoms with Crippen molar-refractivity contribution in [2.24, 2.45) is 11.8 Å². The average molecular weight is 245 g/mol. The fourth-order valence-corrected chi connectivity index (χ4v) is 2.87. The number of para-hydroxylation sites is 2. The fourth-order valence-electron chi connectivity index (χ4n) is 2.87. The largest absolute Gasteiger partial charge is 0.491 e. The van der Waals surface area contributed by atoms with Crippen molar-refractivity contribution >= 4 is 12.0 Å². The van der Waals surface area contributed by atoms with E-state index in [4.69, 9.17) is 4.74 Å². The first-order chi connectivity index (χ1) is 8.88. The van der Waals surface area contributed by atoms with Gasteiger partial charge in [0, 0.05) is 19.0 Å². The molecule has 96 valence electrons. The average Bonchev–Trinajstić information content (AvgIpc) is 2.57. The summed E-state index contributed by atoms with van der Waals surface area (Å²) in [7, 11) is 0. The Morgan fingerprint density at radius 1 is 1.33 bits per heavy atom. The van der Waals surface area contributed by atoms with E-state index in [1.54, 1.807) is 0 Å². The van der Waals surface area contributed by atoms with Crippen molar-refractivity contribution in [1.82, 2.24) is 0 Å². The number of fused-ring (bicyclic) bond motifs is 1. The summed E-state index contributed by atoms with van der Waals surface area (Å²) in [5.74, 6) is 1.80. The molecule has 3 nitrogen and oxygen atoms in total. The zero-order valence-electron chi connectivity index (χ0n) is 10.5. The second-order valence-electron chi connectivity index (χ2n) is 5.25. The minimum Gasteiger partial charge on any atom is -0.491 e. The van der Waals surface area contributed by atoms with Gasteiger partial charge in [0.1, 0.15) is 12.0 Å². The number of carbonyl (C=O) groups is 1. The summed E-state index contributed by atoms with van der Waals surface area (Å²) >= 11 is 0. The number of hydrogen-bond donors (Lipinski definition) is 0. The molecule has 3 heteroatoms. The molecule has 0 bridgehead atoms. The maximum Gasteiger partial charge on any atom is 0.142 e. The van der Waals surface area contributed by atoms with Crippen LogP contribution < -0.4 is 9.64 Å². The molecule has 0 radical (unpaired) electrons. The third-order valence-electron chi connectivity index (χ3n) is 4.14. The summed E-state index contributed by atoms with van der Waals surface area (Å²) in [5, 5.41) is 0. The van der Waals surface area contributed by atoms with E-state index in [2.05, 4.69) is 17.0 Å². The van der Waals surface area contributed by atoms with Crippen molar-refractivity contribution in [3.63, 3.8) is 0 Å². The Balaban J connectivity index is 1.77. The highest BCUT2D eigenvalue weighted by Crippen LogP contribution is 2.37. The van der Waals surface area contributed by atoms with Gasteiger partial charge in [-0.2, -0.15) is 0 Å². The summed E-state index contributed by atoms with van der Waals surface area (Å²) in [6, 6.07) is 8.22. The zero-order chi connectivity index (χ0) is 12.4. The molecule has 1 heterocycles. The van der Waals surface area contributed by atoms with Crippen molar-refractivity contribution in [3.8, 4) is 5.75 Å². The maximum absolute atomic E-state index is 10.9. The maximum atomic E-state index is 10.9. The lowest BCUT2D eigenvalue weighted by molar-refractivity contribution is -0.115. The molecule has 1 aromatic carbocycles. The van der Waals surface area contributed by atoms with Gasteiger partial charge in [0.05, 0.1) is 12.3 Å². The molecule has 1 aromatic rings. The van der Waals surface area contributed by atoms with Crippen LogP contribution in [0.3, 0.4) is 0 Å². The van der Waals surface area contributed by atoms with Crippen LogP contribution in [-0.4, -0.2) is 26.0 Å². The molecule has 0 unspecified atom stereocenters. The first-order valence-corrected chi connectivity index (χ1v) is 6.80. The Morgan fingerprint density at radius 2 is 2.22 bits per heavy atom. The lowest BCUT2D eigenvalue weighted by Gasteiger charge is -2.37. The number of nitrogens with zero attached hydrogens (tertiary/aromatic N) is 1. The van der Waals surface area contributed by atoms with Crippen LogP contribution in [0.25, 0.3) is 0 Å². The monoisotopic (exact) mass is 245 g/mol. The molecular formula is C15H19NO2. The van der Waals surface area contributed by atoms with Crippen LogP contribution in [-0.2, 0) is 4.79 Å². The highest BCUT2D eigenvalue weighted by atomic mass is 16.5. The van der Waals surface area contributed by atoms with Crippen LogP contribution in [0.5, 0.6) is 5.75 Å². The van der Waals surface area contributed by atoms with Gasteiger partial charge >= 0.3 is 0 Å². The number of hydrogen-bond acceptors (Lipinski definition) is 3. The predicted octanol–water partition coefficient (Wildman–Crippen LogP) is 2.50. The van der Waals surface area contributed by atoms with Crippen LogP contribution in [0.2, 0.25) is 0 Å². The molecule has 3 rings (SSSR count). The Hall–Kier alpha value is -1.51. The van der Waals surface area contributed by atoms with Crippen molar-refractivity contribution in [3.05, 3.63) is 24.3 Å². The molecule has 0 N–H and O–H groups in total. The number of ether oxygens (including phenoxy) is 1. The van der Waals surface area contributed by atoms with Crippen LogP contribution in [0.1, 0.15) is 19.3 Å². The third-order valence-corrected chi connectivity index (χ3v) is 4.14. The Labute approximate surface area is 108 Å². The molecule has 1 saturated carbocycles. The summed E-state index contributed by atoms with van der Waals surface area (Å²) < 4.78 is 5.75. The Morgan fingerprint density at radius 3 is 3.00 bits per heavy atom. The molecule has 0 spiro atoms. The van der Waals surface area contributed by atoms with Gasteiger partial charge in [-0.25, -0.2) is 0 Å². The van der Waals surface area contributed by atoms with E-state index in [0.717, 1.165) is 44.6 Å².